The number of hydrogen-bond donors (Lipinski definition) is 0. The van der Waals surface area contributed by atoms with Gasteiger partial charge >= 0.3 is 0 Å². The van der Waals surface area contributed by atoms with Crippen molar-refractivity contribution in [2.24, 2.45) is 0 Å². The van der Waals surface area contributed by atoms with Crippen molar-refractivity contribution in [2.75, 3.05) is 25.1 Å². The number of carbonyl (C=O) groups is 1. The molecule has 1 heterocycles. The van der Waals surface area contributed by atoms with E-state index in [4.69, 9.17) is 0 Å². The Balaban J connectivity index is 1.93. The lowest BCUT2D eigenvalue weighted by atomic mass is 9.98. The second-order valence-corrected chi connectivity index (χ2v) is 7.52. The Morgan fingerprint density at radius 2 is 2.20 bits per heavy atom. The third-order valence-electron chi connectivity index (χ3n) is 3.55. The number of nitrogens with zero attached hydrogens (tertiary/aromatic N) is 1. The van der Waals surface area contributed by atoms with E-state index in [9.17, 15) is 17.6 Å². The summed E-state index contributed by atoms with van der Waals surface area (Å²) < 4.78 is 35.3. The minimum atomic E-state index is -3.12. The number of sulfone groups is 1. The van der Waals surface area contributed by atoms with Crippen molar-refractivity contribution < 1.29 is 17.6 Å². The molecule has 1 aromatic carbocycles. The smallest absolute Gasteiger partial charge is 0.223 e. The van der Waals surface area contributed by atoms with Gasteiger partial charge in [-0.15, -0.1) is 0 Å². The van der Waals surface area contributed by atoms with E-state index < -0.39 is 9.84 Å². The van der Waals surface area contributed by atoms with Crippen LogP contribution in [-0.2, 0) is 14.6 Å². The average molecular weight is 299 g/mol. The van der Waals surface area contributed by atoms with E-state index in [2.05, 4.69) is 0 Å². The zero-order valence-corrected chi connectivity index (χ0v) is 12.2. The van der Waals surface area contributed by atoms with Gasteiger partial charge in [0.25, 0.3) is 0 Å². The third-order valence-corrected chi connectivity index (χ3v) is 4.49. The predicted molar refractivity (Wildman–Crippen MR) is 74.7 cm³/mol. The van der Waals surface area contributed by atoms with Crippen LogP contribution in [0.2, 0.25) is 0 Å². The van der Waals surface area contributed by atoms with Gasteiger partial charge in [0.2, 0.25) is 5.91 Å². The fourth-order valence-corrected chi connectivity index (χ4v) is 3.00. The molecule has 1 saturated heterocycles. The van der Waals surface area contributed by atoms with Gasteiger partial charge in [0.1, 0.15) is 15.7 Å². The molecule has 0 saturated carbocycles. The topological polar surface area (TPSA) is 54.5 Å². The summed E-state index contributed by atoms with van der Waals surface area (Å²) in [6.07, 6.45) is 1.93. The van der Waals surface area contributed by atoms with Crippen LogP contribution in [0, 0.1) is 5.82 Å². The van der Waals surface area contributed by atoms with Gasteiger partial charge in [0.15, 0.2) is 0 Å². The molecule has 0 N–H and O–H groups in total. The SMILES string of the molecule is CS(=O)(=O)CCC(=O)N1CC[C@@H](c2cccc(F)c2)C1. The highest BCUT2D eigenvalue weighted by atomic mass is 32.2. The molecule has 110 valence electrons. The lowest BCUT2D eigenvalue weighted by Crippen LogP contribution is -2.29. The minimum absolute atomic E-state index is 0.0225. The lowest BCUT2D eigenvalue weighted by Gasteiger charge is -2.16. The largest absolute Gasteiger partial charge is 0.342 e. The van der Waals surface area contributed by atoms with E-state index in [1.165, 1.54) is 12.1 Å². The molecule has 0 spiro atoms. The van der Waals surface area contributed by atoms with Gasteiger partial charge in [-0.05, 0) is 24.1 Å². The van der Waals surface area contributed by atoms with Gasteiger partial charge in [0, 0.05) is 31.7 Å². The van der Waals surface area contributed by atoms with Crippen LogP contribution in [0.4, 0.5) is 4.39 Å². The van der Waals surface area contributed by atoms with Crippen LogP contribution in [-0.4, -0.2) is 44.3 Å². The van der Waals surface area contributed by atoms with Crippen LogP contribution in [0.1, 0.15) is 24.3 Å². The summed E-state index contributed by atoms with van der Waals surface area (Å²) >= 11 is 0. The van der Waals surface area contributed by atoms with E-state index in [1.54, 1.807) is 11.0 Å². The van der Waals surface area contributed by atoms with Crippen LogP contribution >= 0.6 is 0 Å². The van der Waals surface area contributed by atoms with Crippen molar-refractivity contribution in [3.63, 3.8) is 0 Å². The van der Waals surface area contributed by atoms with E-state index in [1.807, 2.05) is 6.07 Å². The zero-order chi connectivity index (χ0) is 14.8. The summed E-state index contributed by atoms with van der Waals surface area (Å²) in [6, 6.07) is 6.42. The first-order valence-electron chi connectivity index (χ1n) is 6.56. The first-order chi connectivity index (χ1) is 9.35. The summed E-state index contributed by atoms with van der Waals surface area (Å²) in [6.45, 7) is 1.13. The van der Waals surface area contributed by atoms with Gasteiger partial charge in [-0.2, -0.15) is 0 Å². The molecule has 1 aliphatic heterocycles. The maximum absolute atomic E-state index is 13.2. The molecule has 1 amide bonds. The van der Waals surface area contributed by atoms with Crippen molar-refractivity contribution in [1.29, 1.82) is 0 Å². The van der Waals surface area contributed by atoms with E-state index >= 15 is 0 Å². The molecule has 1 atom stereocenters. The molecule has 0 bridgehead atoms. The molecular formula is C14H18FNO3S. The highest BCUT2D eigenvalue weighted by Crippen LogP contribution is 2.27. The van der Waals surface area contributed by atoms with Crippen LogP contribution in [0.5, 0.6) is 0 Å². The van der Waals surface area contributed by atoms with Gasteiger partial charge in [-0.25, -0.2) is 12.8 Å². The average Bonchev–Trinajstić information content (AvgIpc) is 2.84. The van der Waals surface area contributed by atoms with E-state index in [0.717, 1.165) is 18.2 Å². The van der Waals surface area contributed by atoms with E-state index in [-0.39, 0.29) is 29.8 Å². The van der Waals surface area contributed by atoms with Gasteiger partial charge in [-0.3, -0.25) is 4.79 Å². The third kappa shape index (κ3) is 4.03. The quantitative estimate of drug-likeness (QED) is 0.848. The summed E-state index contributed by atoms with van der Waals surface area (Å²) in [5.74, 6) is -0.404. The molecule has 4 nitrogen and oxygen atoms in total. The first kappa shape index (κ1) is 15.0. The van der Waals surface area contributed by atoms with Crippen molar-refractivity contribution in [3.05, 3.63) is 35.6 Å². The molecule has 0 radical (unpaired) electrons. The molecule has 1 aliphatic rings. The molecular weight excluding hydrogens is 281 g/mol. The van der Waals surface area contributed by atoms with Crippen molar-refractivity contribution in [2.45, 2.75) is 18.8 Å². The number of halogens is 1. The summed E-state index contributed by atoms with van der Waals surface area (Å²) in [5.41, 5.74) is 0.892. The van der Waals surface area contributed by atoms with Gasteiger partial charge in [-0.1, -0.05) is 12.1 Å². The first-order valence-corrected chi connectivity index (χ1v) is 8.62. The van der Waals surface area contributed by atoms with Crippen LogP contribution in [0.15, 0.2) is 24.3 Å². The Hall–Kier alpha value is -1.43. The van der Waals surface area contributed by atoms with Crippen LogP contribution in [0.25, 0.3) is 0 Å². The molecule has 0 aromatic heterocycles. The van der Waals surface area contributed by atoms with Crippen LogP contribution in [0.3, 0.4) is 0 Å². The number of rotatable bonds is 4. The molecule has 1 aromatic rings. The predicted octanol–water partition coefficient (Wildman–Crippen LogP) is 1.58. The Morgan fingerprint density at radius 3 is 2.85 bits per heavy atom. The molecule has 0 unspecified atom stereocenters. The molecule has 0 aliphatic carbocycles. The number of likely N-dealkylation sites (tertiary alicyclic amines) is 1. The zero-order valence-electron chi connectivity index (χ0n) is 11.4. The van der Waals surface area contributed by atoms with Crippen LogP contribution < -0.4 is 0 Å². The molecule has 1 fully saturated rings. The number of hydrogen-bond acceptors (Lipinski definition) is 3. The second kappa shape index (κ2) is 5.91. The van der Waals surface area contributed by atoms with E-state index in [0.29, 0.717) is 13.1 Å². The van der Waals surface area contributed by atoms with Crippen molar-refractivity contribution in [1.82, 2.24) is 4.90 Å². The maximum Gasteiger partial charge on any atom is 0.223 e. The van der Waals surface area contributed by atoms with Crippen molar-refractivity contribution >= 4 is 15.7 Å². The Kier molecular flexibility index (Phi) is 4.42. The summed E-state index contributed by atoms with van der Waals surface area (Å²) in [5, 5.41) is 0. The normalized spacial score (nSPS) is 19.3. The summed E-state index contributed by atoms with van der Waals surface area (Å²) in [7, 11) is -3.12. The van der Waals surface area contributed by atoms with Crippen molar-refractivity contribution in [3.8, 4) is 0 Å². The monoisotopic (exact) mass is 299 g/mol. The Bertz CT molecular complexity index is 600. The van der Waals surface area contributed by atoms with Gasteiger partial charge in [0.05, 0.1) is 5.75 Å². The highest BCUT2D eigenvalue weighted by molar-refractivity contribution is 7.90. The number of amides is 1. The maximum atomic E-state index is 13.2. The fraction of sp³-hybridized carbons (Fsp3) is 0.500. The standard InChI is InChI=1S/C14H18FNO3S/c1-20(18,19)8-6-14(17)16-7-5-12(10-16)11-3-2-4-13(15)9-11/h2-4,9,12H,5-8,10H2,1H3/t12-/m1/s1. The molecule has 2 rings (SSSR count). The lowest BCUT2D eigenvalue weighted by molar-refractivity contribution is -0.129. The minimum Gasteiger partial charge on any atom is -0.342 e. The Labute approximate surface area is 118 Å². The molecule has 6 heteroatoms. The highest BCUT2D eigenvalue weighted by Gasteiger charge is 2.27. The Morgan fingerprint density at radius 1 is 1.45 bits per heavy atom. The summed E-state index contributed by atoms with van der Waals surface area (Å²) in [4.78, 5) is 13.6. The fourth-order valence-electron chi connectivity index (χ4n) is 2.45. The number of benzene rings is 1. The van der Waals surface area contributed by atoms with Gasteiger partial charge < -0.3 is 4.90 Å². The number of carbonyl (C=O) groups excluding carboxylic acids is 1. The molecule has 20 heavy (non-hydrogen) atoms. The second-order valence-electron chi connectivity index (χ2n) is 5.26.